The van der Waals surface area contributed by atoms with Crippen LogP contribution in [0.2, 0.25) is 0 Å². The van der Waals surface area contributed by atoms with Crippen molar-refractivity contribution in [2.45, 2.75) is 19.3 Å². The molecular formula is C57H38N2O. The standard InChI is InChI=1S/C57H38N2O/c1-57(2)49-21-12-20-46(55(49)48-32-38-15-6-7-16-39(38)33-50(48)57)43-28-29-44(42-18-9-8-17-41(42)43)52-34-51(58-56(59-52)37-13-4-3-5-14-37)36-25-23-35(24-26-36)40-27-30-54-47(31-40)45-19-10-11-22-53(45)60-54/h3-34H,1-2H3. The number of fused-ring (bicyclic) bond motifs is 8. The summed E-state index contributed by atoms with van der Waals surface area (Å²) in [5.74, 6) is 0.699. The Kier molecular flexibility index (Phi) is 7.58. The van der Waals surface area contributed by atoms with Gasteiger partial charge in [-0.1, -0.05) is 172 Å². The summed E-state index contributed by atoms with van der Waals surface area (Å²) in [7, 11) is 0. The van der Waals surface area contributed by atoms with Crippen molar-refractivity contribution in [1.29, 1.82) is 0 Å². The van der Waals surface area contributed by atoms with Crippen molar-refractivity contribution in [2.24, 2.45) is 0 Å². The summed E-state index contributed by atoms with van der Waals surface area (Å²) in [5, 5.41) is 7.15. The van der Waals surface area contributed by atoms with E-state index in [2.05, 4.69) is 178 Å². The lowest BCUT2D eigenvalue weighted by Gasteiger charge is -2.22. The minimum absolute atomic E-state index is 0.119. The number of hydrogen-bond donors (Lipinski definition) is 0. The van der Waals surface area contributed by atoms with Gasteiger partial charge in [-0.2, -0.15) is 0 Å². The van der Waals surface area contributed by atoms with Crippen LogP contribution in [-0.4, -0.2) is 9.97 Å². The van der Waals surface area contributed by atoms with Crippen molar-refractivity contribution >= 4 is 43.5 Å². The van der Waals surface area contributed by atoms with E-state index in [1.165, 1.54) is 49.5 Å². The first-order valence-corrected chi connectivity index (χ1v) is 20.6. The molecule has 11 aromatic rings. The quantitative estimate of drug-likeness (QED) is 0.175. The Morgan fingerprint density at radius 2 is 1.00 bits per heavy atom. The van der Waals surface area contributed by atoms with Gasteiger partial charge in [-0.15, -0.1) is 0 Å². The molecular weight excluding hydrogens is 729 g/mol. The van der Waals surface area contributed by atoms with Gasteiger partial charge in [0, 0.05) is 32.9 Å². The molecule has 282 valence electrons. The predicted octanol–water partition coefficient (Wildman–Crippen LogP) is 15.3. The lowest BCUT2D eigenvalue weighted by atomic mass is 9.81. The average Bonchev–Trinajstić information content (AvgIpc) is 3.79. The molecule has 0 spiro atoms. The van der Waals surface area contributed by atoms with Crippen molar-refractivity contribution in [3.05, 3.63) is 205 Å². The molecule has 0 atom stereocenters. The molecule has 3 nitrogen and oxygen atoms in total. The molecule has 3 heteroatoms. The normalized spacial score (nSPS) is 13.0. The average molecular weight is 767 g/mol. The molecule has 9 aromatic carbocycles. The van der Waals surface area contributed by atoms with Crippen LogP contribution in [0.15, 0.2) is 199 Å². The molecule has 0 amide bonds. The van der Waals surface area contributed by atoms with Crippen LogP contribution in [0.5, 0.6) is 0 Å². The van der Waals surface area contributed by atoms with Gasteiger partial charge in [-0.25, -0.2) is 9.97 Å². The van der Waals surface area contributed by atoms with Crippen molar-refractivity contribution in [1.82, 2.24) is 9.97 Å². The van der Waals surface area contributed by atoms with Gasteiger partial charge in [0.1, 0.15) is 11.2 Å². The fourth-order valence-corrected chi connectivity index (χ4v) is 9.64. The molecule has 0 radical (unpaired) electrons. The molecule has 2 aromatic heterocycles. The Hall–Kier alpha value is -7.62. The molecule has 0 N–H and O–H groups in total. The molecule has 0 fully saturated rings. The Morgan fingerprint density at radius 3 is 1.82 bits per heavy atom. The third kappa shape index (κ3) is 5.36. The maximum atomic E-state index is 6.11. The number of aromatic nitrogens is 2. The van der Waals surface area contributed by atoms with Crippen molar-refractivity contribution < 1.29 is 4.42 Å². The van der Waals surface area contributed by atoms with Crippen LogP contribution in [0, 0.1) is 0 Å². The first kappa shape index (κ1) is 34.4. The number of para-hydroxylation sites is 1. The van der Waals surface area contributed by atoms with E-state index in [4.69, 9.17) is 14.4 Å². The maximum Gasteiger partial charge on any atom is 0.160 e. The van der Waals surface area contributed by atoms with Crippen LogP contribution in [0.4, 0.5) is 0 Å². The van der Waals surface area contributed by atoms with Gasteiger partial charge in [-0.05, 0) is 102 Å². The Morgan fingerprint density at radius 1 is 0.367 bits per heavy atom. The second kappa shape index (κ2) is 13.2. The Balaban J connectivity index is 0.989. The number of rotatable bonds is 5. The van der Waals surface area contributed by atoms with E-state index < -0.39 is 0 Å². The van der Waals surface area contributed by atoms with Gasteiger partial charge in [0.2, 0.25) is 0 Å². The van der Waals surface area contributed by atoms with Gasteiger partial charge >= 0.3 is 0 Å². The fraction of sp³-hybridized carbons (Fsp3) is 0.0526. The van der Waals surface area contributed by atoms with E-state index in [0.29, 0.717) is 5.82 Å². The summed E-state index contributed by atoms with van der Waals surface area (Å²) in [5.41, 5.74) is 16.7. The third-order valence-corrected chi connectivity index (χ3v) is 12.7. The third-order valence-electron chi connectivity index (χ3n) is 12.7. The van der Waals surface area contributed by atoms with Crippen molar-refractivity contribution in [3.63, 3.8) is 0 Å². The van der Waals surface area contributed by atoms with E-state index in [1.807, 2.05) is 30.3 Å². The highest BCUT2D eigenvalue weighted by atomic mass is 16.3. The highest BCUT2D eigenvalue weighted by Crippen LogP contribution is 2.54. The minimum atomic E-state index is -0.119. The first-order valence-electron chi connectivity index (χ1n) is 20.6. The van der Waals surface area contributed by atoms with E-state index in [9.17, 15) is 0 Å². The second-order valence-corrected chi connectivity index (χ2v) is 16.5. The number of nitrogens with zero attached hydrogens (tertiary/aromatic N) is 2. The van der Waals surface area contributed by atoms with Crippen molar-refractivity contribution in [3.8, 4) is 67.3 Å². The lowest BCUT2D eigenvalue weighted by Crippen LogP contribution is -2.14. The van der Waals surface area contributed by atoms with E-state index in [0.717, 1.165) is 66.5 Å². The van der Waals surface area contributed by atoms with Crippen LogP contribution < -0.4 is 0 Å². The zero-order valence-corrected chi connectivity index (χ0v) is 33.3. The number of benzene rings is 9. The summed E-state index contributed by atoms with van der Waals surface area (Å²) in [6, 6.07) is 69.6. The van der Waals surface area contributed by atoms with Gasteiger partial charge in [0.25, 0.3) is 0 Å². The summed E-state index contributed by atoms with van der Waals surface area (Å²) in [6.45, 7) is 4.73. The largest absolute Gasteiger partial charge is 0.456 e. The SMILES string of the molecule is CC1(C)c2cc3ccccc3cc2-c2c(-c3ccc(-c4cc(-c5ccc(-c6ccc7oc8ccccc8c7c6)cc5)nc(-c5ccccc5)n4)c4ccccc34)cccc21. The topological polar surface area (TPSA) is 38.9 Å². The zero-order chi connectivity index (χ0) is 40.0. The summed E-state index contributed by atoms with van der Waals surface area (Å²) >= 11 is 0. The molecule has 1 aliphatic carbocycles. The molecule has 2 heterocycles. The van der Waals surface area contributed by atoms with Crippen LogP contribution >= 0.6 is 0 Å². The highest BCUT2D eigenvalue weighted by Gasteiger charge is 2.37. The Labute approximate surface area is 348 Å². The van der Waals surface area contributed by atoms with Gasteiger partial charge in [0.15, 0.2) is 5.82 Å². The maximum absolute atomic E-state index is 6.11. The van der Waals surface area contributed by atoms with E-state index in [-0.39, 0.29) is 5.41 Å². The van der Waals surface area contributed by atoms with Gasteiger partial charge in [-0.3, -0.25) is 0 Å². The molecule has 0 saturated heterocycles. The van der Waals surface area contributed by atoms with Crippen LogP contribution in [0.25, 0.3) is 111 Å². The van der Waals surface area contributed by atoms with Crippen LogP contribution in [0.3, 0.4) is 0 Å². The van der Waals surface area contributed by atoms with Gasteiger partial charge in [0.05, 0.1) is 11.4 Å². The summed E-state index contributed by atoms with van der Waals surface area (Å²) < 4.78 is 6.11. The molecule has 0 unspecified atom stereocenters. The summed E-state index contributed by atoms with van der Waals surface area (Å²) in [6.07, 6.45) is 0. The van der Waals surface area contributed by atoms with Gasteiger partial charge < -0.3 is 4.42 Å². The Bertz CT molecular complexity index is 3500. The van der Waals surface area contributed by atoms with E-state index in [1.54, 1.807) is 0 Å². The highest BCUT2D eigenvalue weighted by molar-refractivity contribution is 6.09. The monoisotopic (exact) mass is 766 g/mol. The van der Waals surface area contributed by atoms with Crippen LogP contribution in [0.1, 0.15) is 25.0 Å². The molecule has 60 heavy (non-hydrogen) atoms. The van der Waals surface area contributed by atoms with Crippen LogP contribution in [-0.2, 0) is 5.41 Å². The molecule has 12 rings (SSSR count). The second-order valence-electron chi connectivity index (χ2n) is 16.5. The fourth-order valence-electron chi connectivity index (χ4n) is 9.64. The van der Waals surface area contributed by atoms with E-state index >= 15 is 0 Å². The zero-order valence-electron chi connectivity index (χ0n) is 33.3. The molecule has 0 saturated carbocycles. The number of furan rings is 1. The summed E-state index contributed by atoms with van der Waals surface area (Å²) in [4.78, 5) is 10.5. The first-order chi connectivity index (χ1) is 29.5. The molecule has 1 aliphatic rings. The van der Waals surface area contributed by atoms with Crippen molar-refractivity contribution in [2.75, 3.05) is 0 Å². The minimum Gasteiger partial charge on any atom is -0.456 e. The lowest BCUT2D eigenvalue weighted by molar-refractivity contribution is 0.661. The molecule has 0 bridgehead atoms. The smallest absolute Gasteiger partial charge is 0.160 e. The predicted molar refractivity (Wildman–Crippen MR) is 249 cm³/mol. The molecule has 0 aliphatic heterocycles. The number of hydrogen-bond acceptors (Lipinski definition) is 3.